The van der Waals surface area contributed by atoms with E-state index in [-0.39, 0.29) is 18.4 Å². The molecule has 0 spiro atoms. The Labute approximate surface area is 93.0 Å². The molecule has 0 bridgehead atoms. The molecule has 1 aliphatic heterocycles. The summed E-state index contributed by atoms with van der Waals surface area (Å²) in [5.74, 6) is 0.0378. The Morgan fingerprint density at radius 3 is 2.62 bits per heavy atom. The van der Waals surface area contributed by atoms with Crippen LogP contribution in [0.4, 0.5) is 13.2 Å². The first-order valence-corrected chi connectivity index (χ1v) is 5.45. The number of alkyl halides is 3. The number of halogens is 3. The second-order valence-electron chi connectivity index (χ2n) is 4.13. The lowest BCUT2D eigenvalue weighted by molar-refractivity contribution is -0.135. The van der Waals surface area contributed by atoms with Crippen LogP contribution < -0.4 is 5.32 Å². The van der Waals surface area contributed by atoms with Crippen LogP contribution in [0.3, 0.4) is 0 Å². The van der Waals surface area contributed by atoms with Crippen LogP contribution in [-0.4, -0.2) is 43.2 Å². The van der Waals surface area contributed by atoms with Gasteiger partial charge in [-0.05, 0) is 25.8 Å². The first-order valence-electron chi connectivity index (χ1n) is 5.45. The van der Waals surface area contributed by atoms with Gasteiger partial charge in [0.1, 0.15) is 0 Å². The summed E-state index contributed by atoms with van der Waals surface area (Å²) in [6.07, 6.45) is -3.49. The van der Waals surface area contributed by atoms with Gasteiger partial charge in [0, 0.05) is 20.0 Å². The number of likely N-dealkylation sites (N-methyl/N-ethyl adjacent to an activating group) is 1. The lowest BCUT2D eigenvalue weighted by Crippen LogP contribution is -2.37. The molecular formula is C10H17F3N2O. The van der Waals surface area contributed by atoms with Crippen molar-refractivity contribution in [1.29, 1.82) is 0 Å². The van der Waals surface area contributed by atoms with Crippen LogP contribution in [0.5, 0.6) is 0 Å². The standard InChI is InChI=1S/C10H17F3N2O/c1-15-7-4-8(9(15)16)14-6-3-2-5-10(11,12)13/h8,14H,2-7H2,1H3. The van der Waals surface area contributed by atoms with E-state index in [1.54, 1.807) is 11.9 Å². The molecule has 1 saturated heterocycles. The molecule has 1 atom stereocenters. The third-order valence-corrected chi connectivity index (χ3v) is 2.71. The van der Waals surface area contributed by atoms with Gasteiger partial charge < -0.3 is 10.2 Å². The Kier molecular flexibility index (Phi) is 4.58. The minimum atomic E-state index is -4.07. The summed E-state index contributed by atoms with van der Waals surface area (Å²) in [5.41, 5.74) is 0. The number of carbonyl (C=O) groups is 1. The number of nitrogens with one attached hydrogen (secondary N) is 1. The van der Waals surface area contributed by atoms with Crippen LogP contribution in [0.1, 0.15) is 25.7 Å². The van der Waals surface area contributed by atoms with Gasteiger partial charge in [-0.3, -0.25) is 4.79 Å². The van der Waals surface area contributed by atoms with Crippen molar-refractivity contribution in [3.63, 3.8) is 0 Å². The highest BCUT2D eigenvalue weighted by molar-refractivity contribution is 5.83. The highest BCUT2D eigenvalue weighted by atomic mass is 19.4. The molecule has 16 heavy (non-hydrogen) atoms. The zero-order valence-electron chi connectivity index (χ0n) is 9.31. The average Bonchev–Trinajstić information content (AvgIpc) is 2.47. The van der Waals surface area contributed by atoms with Gasteiger partial charge in [-0.1, -0.05) is 0 Å². The van der Waals surface area contributed by atoms with Crippen LogP contribution in [0.2, 0.25) is 0 Å². The van der Waals surface area contributed by atoms with Gasteiger partial charge in [-0.25, -0.2) is 0 Å². The van der Waals surface area contributed by atoms with Gasteiger partial charge in [0.2, 0.25) is 5.91 Å². The van der Waals surface area contributed by atoms with Crippen molar-refractivity contribution in [3.8, 4) is 0 Å². The van der Waals surface area contributed by atoms with E-state index < -0.39 is 12.6 Å². The maximum absolute atomic E-state index is 11.8. The fourth-order valence-corrected chi connectivity index (χ4v) is 1.74. The first kappa shape index (κ1) is 13.3. The smallest absolute Gasteiger partial charge is 0.344 e. The summed E-state index contributed by atoms with van der Waals surface area (Å²) in [6, 6.07) is -0.198. The Bertz CT molecular complexity index is 243. The normalized spacial score (nSPS) is 21.9. The van der Waals surface area contributed by atoms with Crippen molar-refractivity contribution >= 4 is 5.91 Å². The van der Waals surface area contributed by atoms with E-state index in [4.69, 9.17) is 0 Å². The topological polar surface area (TPSA) is 32.3 Å². The first-order chi connectivity index (χ1) is 7.40. The number of nitrogens with zero attached hydrogens (tertiary/aromatic N) is 1. The van der Waals surface area contributed by atoms with E-state index in [1.807, 2.05) is 0 Å². The van der Waals surface area contributed by atoms with E-state index in [0.717, 1.165) is 13.0 Å². The molecule has 0 saturated carbocycles. The fraction of sp³-hybridized carbons (Fsp3) is 0.900. The van der Waals surface area contributed by atoms with Gasteiger partial charge in [-0.15, -0.1) is 0 Å². The molecule has 94 valence electrons. The molecule has 0 aromatic carbocycles. The second-order valence-corrected chi connectivity index (χ2v) is 4.13. The quantitative estimate of drug-likeness (QED) is 0.737. The Balaban J connectivity index is 2.06. The summed E-state index contributed by atoms with van der Waals surface area (Å²) in [7, 11) is 1.73. The van der Waals surface area contributed by atoms with Gasteiger partial charge in [0.15, 0.2) is 0 Å². The van der Waals surface area contributed by atoms with Crippen LogP contribution >= 0.6 is 0 Å². The molecule has 0 radical (unpaired) electrons. The summed E-state index contributed by atoms with van der Waals surface area (Å²) in [4.78, 5) is 13.0. The molecule has 0 aromatic rings. The number of hydrogen-bond donors (Lipinski definition) is 1. The molecule has 1 N–H and O–H groups in total. The summed E-state index contributed by atoms with van der Waals surface area (Å²) >= 11 is 0. The zero-order valence-corrected chi connectivity index (χ0v) is 9.31. The molecule has 6 heteroatoms. The van der Waals surface area contributed by atoms with Crippen LogP contribution in [-0.2, 0) is 4.79 Å². The van der Waals surface area contributed by atoms with E-state index >= 15 is 0 Å². The SMILES string of the molecule is CN1CCC(NCCCCC(F)(F)F)C1=O. The van der Waals surface area contributed by atoms with Gasteiger partial charge in [-0.2, -0.15) is 13.2 Å². The second kappa shape index (κ2) is 5.52. The van der Waals surface area contributed by atoms with Crippen LogP contribution in [0.25, 0.3) is 0 Å². The Morgan fingerprint density at radius 1 is 1.44 bits per heavy atom. The van der Waals surface area contributed by atoms with E-state index in [9.17, 15) is 18.0 Å². The highest BCUT2D eigenvalue weighted by Gasteiger charge is 2.28. The maximum atomic E-state index is 11.8. The highest BCUT2D eigenvalue weighted by Crippen LogP contribution is 2.21. The third kappa shape index (κ3) is 4.38. The summed E-state index contributed by atoms with van der Waals surface area (Å²) < 4.78 is 35.4. The summed E-state index contributed by atoms with van der Waals surface area (Å²) in [6.45, 7) is 1.19. The molecule has 1 fully saturated rings. The minimum absolute atomic E-state index is 0.0378. The van der Waals surface area contributed by atoms with Gasteiger partial charge >= 0.3 is 6.18 Å². The number of likely N-dealkylation sites (tertiary alicyclic amines) is 1. The molecule has 0 aromatic heterocycles. The van der Waals surface area contributed by atoms with Crippen LogP contribution in [0.15, 0.2) is 0 Å². The van der Waals surface area contributed by atoms with Crippen LogP contribution in [0, 0.1) is 0 Å². The van der Waals surface area contributed by atoms with E-state index in [2.05, 4.69) is 5.32 Å². The molecule has 3 nitrogen and oxygen atoms in total. The maximum Gasteiger partial charge on any atom is 0.389 e. The number of rotatable bonds is 5. The molecule has 1 amide bonds. The van der Waals surface area contributed by atoms with E-state index in [0.29, 0.717) is 13.0 Å². The summed E-state index contributed by atoms with van der Waals surface area (Å²) in [5, 5.41) is 2.99. The molecule has 1 heterocycles. The monoisotopic (exact) mass is 238 g/mol. The lowest BCUT2D eigenvalue weighted by Gasteiger charge is -2.12. The minimum Gasteiger partial charge on any atom is -0.344 e. The Morgan fingerprint density at radius 2 is 2.12 bits per heavy atom. The molecular weight excluding hydrogens is 221 g/mol. The number of amides is 1. The lowest BCUT2D eigenvalue weighted by atomic mass is 10.2. The van der Waals surface area contributed by atoms with Crippen molar-refractivity contribution in [2.45, 2.75) is 37.9 Å². The zero-order chi connectivity index (χ0) is 12.2. The van der Waals surface area contributed by atoms with E-state index in [1.165, 1.54) is 0 Å². The van der Waals surface area contributed by atoms with Gasteiger partial charge in [0.25, 0.3) is 0 Å². The van der Waals surface area contributed by atoms with Crippen molar-refractivity contribution < 1.29 is 18.0 Å². The average molecular weight is 238 g/mol. The fourth-order valence-electron chi connectivity index (χ4n) is 1.74. The molecule has 1 rings (SSSR count). The van der Waals surface area contributed by atoms with Crippen molar-refractivity contribution in [3.05, 3.63) is 0 Å². The van der Waals surface area contributed by atoms with Crippen molar-refractivity contribution in [2.75, 3.05) is 20.1 Å². The third-order valence-electron chi connectivity index (χ3n) is 2.71. The molecule has 1 aliphatic rings. The predicted octanol–water partition coefficient (Wildman–Crippen LogP) is 1.54. The Hall–Kier alpha value is -0.780. The van der Waals surface area contributed by atoms with Crippen molar-refractivity contribution in [1.82, 2.24) is 10.2 Å². The van der Waals surface area contributed by atoms with Crippen molar-refractivity contribution in [2.24, 2.45) is 0 Å². The molecule has 1 unspecified atom stereocenters. The number of carbonyl (C=O) groups excluding carboxylic acids is 1. The largest absolute Gasteiger partial charge is 0.389 e. The predicted molar refractivity (Wildman–Crippen MR) is 54.0 cm³/mol. The number of hydrogen-bond acceptors (Lipinski definition) is 2. The van der Waals surface area contributed by atoms with Gasteiger partial charge in [0.05, 0.1) is 6.04 Å². The number of unbranched alkanes of at least 4 members (excludes halogenated alkanes) is 1. The molecule has 0 aliphatic carbocycles.